The molecular weight excluding hydrogens is 370 g/mol. The third-order valence-electron chi connectivity index (χ3n) is 3.29. The maximum atomic E-state index is 6.03. The molecule has 2 aromatic rings. The Balaban J connectivity index is 1.94. The summed E-state index contributed by atoms with van der Waals surface area (Å²) in [4.78, 5) is 0. The highest BCUT2D eigenvalue weighted by Crippen LogP contribution is 2.22. The van der Waals surface area contributed by atoms with E-state index in [1.165, 1.54) is 0 Å². The second-order valence-electron chi connectivity index (χ2n) is 5.21. The van der Waals surface area contributed by atoms with E-state index in [1.54, 1.807) is 24.4 Å². The first-order chi connectivity index (χ1) is 12.6. The summed E-state index contributed by atoms with van der Waals surface area (Å²) < 4.78 is 11.6. The quantitative estimate of drug-likeness (QED) is 0.225. The summed E-state index contributed by atoms with van der Waals surface area (Å²) in [6, 6.07) is 13.1. The minimum Gasteiger partial charge on any atom is -0.490 e. The molecule has 0 aliphatic heterocycles. The molecule has 5 nitrogen and oxygen atoms in total. The first kappa shape index (κ1) is 19.8. The Morgan fingerprint density at radius 1 is 1.19 bits per heavy atom. The second kappa shape index (κ2) is 10.4. The number of para-hydroxylation sites is 1. The average Bonchev–Trinajstić information content (AvgIpc) is 2.61. The predicted octanol–water partition coefficient (Wildman–Crippen LogP) is 3.69. The number of rotatable bonds is 9. The van der Waals surface area contributed by atoms with Gasteiger partial charge in [0.2, 0.25) is 0 Å². The van der Waals surface area contributed by atoms with Crippen LogP contribution in [0.1, 0.15) is 11.1 Å². The first-order valence-electron chi connectivity index (χ1n) is 7.92. The lowest BCUT2D eigenvalue weighted by atomic mass is 10.1. The zero-order valence-corrected chi connectivity index (χ0v) is 15.7. The van der Waals surface area contributed by atoms with E-state index < -0.39 is 0 Å². The van der Waals surface area contributed by atoms with Crippen molar-refractivity contribution in [2.24, 2.45) is 10.8 Å². The van der Waals surface area contributed by atoms with Crippen molar-refractivity contribution in [3.05, 3.63) is 71.3 Å². The molecule has 0 fully saturated rings. The molecule has 0 bridgehead atoms. The molecule has 2 aromatic carbocycles. The van der Waals surface area contributed by atoms with E-state index in [4.69, 9.17) is 39.0 Å². The second-order valence-corrected chi connectivity index (χ2v) is 6.09. The van der Waals surface area contributed by atoms with Gasteiger partial charge in [0, 0.05) is 10.6 Å². The Morgan fingerprint density at radius 3 is 2.65 bits per heavy atom. The Bertz CT molecular complexity index is 796. The number of nitrogens with zero attached hydrogens (tertiary/aromatic N) is 1. The first-order valence-corrected chi connectivity index (χ1v) is 8.71. The smallest absolute Gasteiger partial charge is 0.184 e. The van der Waals surface area contributed by atoms with Crippen molar-refractivity contribution in [1.82, 2.24) is 5.43 Å². The number of hydrogen-bond donors (Lipinski definition) is 2. The fourth-order valence-corrected chi connectivity index (χ4v) is 2.42. The van der Waals surface area contributed by atoms with Crippen LogP contribution in [0.25, 0.3) is 0 Å². The van der Waals surface area contributed by atoms with Gasteiger partial charge in [-0.25, -0.2) is 0 Å². The maximum absolute atomic E-state index is 6.03. The van der Waals surface area contributed by atoms with Gasteiger partial charge in [-0.2, -0.15) is 5.10 Å². The Kier molecular flexibility index (Phi) is 7.92. The van der Waals surface area contributed by atoms with Gasteiger partial charge in [-0.05, 0) is 48.5 Å². The number of halogens is 1. The van der Waals surface area contributed by atoms with Crippen molar-refractivity contribution >= 4 is 35.1 Å². The summed E-state index contributed by atoms with van der Waals surface area (Å²) in [5, 5.41) is 4.58. The molecule has 0 saturated heterocycles. The predicted molar refractivity (Wildman–Crippen MR) is 110 cm³/mol. The molecule has 0 heterocycles. The van der Waals surface area contributed by atoms with Crippen LogP contribution in [-0.2, 0) is 6.42 Å². The summed E-state index contributed by atoms with van der Waals surface area (Å²) in [5.74, 6) is 1.46. The van der Waals surface area contributed by atoms with Crippen LogP contribution >= 0.6 is 23.8 Å². The molecule has 3 N–H and O–H groups in total. The zero-order chi connectivity index (χ0) is 18.8. The highest BCUT2D eigenvalue weighted by molar-refractivity contribution is 7.80. The van der Waals surface area contributed by atoms with E-state index in [2.05, 4.69) is 17.1 Å². The van der Waals surface area contributed by atoms with Crippen LogP contribution in [-0.4, -0.2) is 24.5 Å². The molecule has 26 heavy (non-hydrogen) atoms. The number of hydrogen-bond acceptors (Lipinski definition) is 4. The molecule has 7 heteroatoms. The van der Waals surface area contributed by atoms with E-state index in [0.717, 1.165) is 17.7 Å². The monoisotopic (exact) mass is 389 g/mol. The van der Waals surface area contributed by atoms with Crippen LogP contribution < -0.4 is 20.6 Å². The number of nitrogens with two attached hydrogens (primary N) is 1. The lowest BCUT2D eigenvalue weighted by molar-refractivity contribution is 0.216. The van der Waals surface area contributed by atoms with E-state index in [1.807, 2.05) is 30.3 Å². The average molecular weight is 390 g/mol. The van der Waals surface area contributed by atoms with Gasteiger partial charge in [0.15, 0.2) is 5.11 Å². The number of hydrazone groups is 1. The zero-order valence-electron chi connectivity index (χ0n) is 14.2. The number of thiocarbonyl (C=S) groups is 1. The Labute approximate surface area is 163 Å². The van der Waals surface area contributed by atoms with Gasteiger partial charge in [-0.15, -0.1) is 6.58 Å². The SMILES string of the molecule is C=CCc1ccccc1OCCOc1ccc(Cl)cc1/C=N\NC(N)=S. The van der Waals surface area contributed by atoms with Gasteiger partial charge in [0.05, 0.1) is 6.21 Å². The molecule has 2 rings (SSSR count). The van der Waals surface area contributed by atoms with E-state index in [0.29, 0.717) is 29.5 Å². The standard InChI is InChI=1S/C19H20ClN3O2S/c1-2-5-14-6-3-4-7-17(14)24-10-11-25-18-9-8-16(20)12-15(18)13-22-23-19(21)26/h2-4,6-9,12-13H,1,5,10-11H2,(H3,21,23,26)/b22-13-. The van der Waals surface area contributed by atoms with Crippen molar-refractivity contribution in [3.8, 4) is 11.5 Å². The normalized spacial score (nSPS) is 10.5. The fourth-order valence-electron chi connectivity index (χ4n) is 2.19. The van der Waals surface area contributed by atoms with Crippen molar-refractivity contribution < 1.29 is 9.47 Å². The third-order valence-corrected chi connectivity index (χ3v) is 3.61. The maximum Gasteiger partial charge on any atom is 0.184 e. The summed E-state index contributed by atoms with van der Waals surface area (Å²) in [6.45, 7) is 4.53. The minimum atomic E-state index is 0.0809. The molecule has 0 amide bonds. The van der Waals surface area contributed by atoms with Crippen molar-refractivity contribution in [2.45, 2.75) is 6.42 Å². The van der Waals surface area contributed by atoms with Crippen molar-refractivity contribution in [1.29, 1.82) is 0 Å². The summed E-state index contributed by atoms with van der Waals surface area (Å²) in [6.07, 6.45) is 4.14. The highest BCUT2D eigenvalue weighted by atomic mass is 35.5. The van der Waals surface area contributed by atoms with Gasteiger partial charge < -0.3 is 15.2 Å². The molecule has 0 atom stereocenters. The molecule has 0 radical (unpaired) electrons. The van der Waals surface area contributed by atoms with E-state index >= 15 is 0 Å². The number of allylic oxidation sites excluding steroid dienone is 1. The Morgan fingerprint density at radius 2 is 1.92 bits per heavy atom. The largest absolute Gasteiger partial charge is 0.490 e. The van der Waals surface area contributed by atoms with Crippen LogP contribution in [0, 0.1) is 0 Å². The number of nitrogens with one attached hydrogen (secondary N) is 1. The lowest BCUT2D eigenvalue weighted by Crippen LogP contribution is -2.24. The highest BCUT2D eigenvalue weighted by Gasteiger charge is 2.05. The summed E-state index contributed by atoms with van der Waals surface area (Å²) >= 11 is 10.7. The fraction of sp³-hybridized carbons (Fsp3) is 0.158. The molecule has 0 aromatic heterocycles. The number of ether oxygens (including phenoxy) is 2. The summed E-state index contributed by atoms with van der Waals surface area (Å²) in [5.41, 5.74) is 9.62. The molecule has 0 aliphatic rings. The van der Waals surface area contributed by atoms with Gasteiger partial charge in [-0.3, -0.25) is 5.43 Å². The van der Waals surface area contributed by atoms with Gasteiger partial charge >= 0.3 is 0 Å². The summed E-state index contributed by atoms with van der Waals surface area (Å²) in [7, 11) is 0. The van der Waals surface area contributed by atoms with E-state index in [9.17, 15) is 0 Å². The number of benzene rings is 2. The third kappa shape index (κ3) is 6.38. The van der Waals surface area contributed by atoms with Gasteiger partial charge in [0.25, 0.3) is 0 Å². The topological polar surface area (TPSA) is 68.9 Å². The molecule has 136 valence electrons. The van der Waals surface area contributed by atoms with Gasteiger partial charge in [-0.1, -0.05) is 35.9 Å². The van der Waals surface area contributed by atoms with E-state index in [-0.39, 0.29) is 5.11 Å². The Hall–Kier alpha value is -2.57. The molecular formula is C19H20ClN3O2S. The minimum absolute atomic E-state index is 0.0809. The molecule has 0 aliphatic carbocycles. The van der Waals surface area contributed by atoms with Crippen molar-refractivity contribution in [2.75, 3.05) is 13.2 Å². The van der Waals surface area contributed by atoms with Gasteiger partial charge in [0.1, 0.15) is 24.7 Å². The lowest BCUT2D eigenvalue weighted by Gasteiger charge is -2.12. The molecule has 0 unspecified atom stereocenters. The van der Waals surface area contributed by atoms with Crippen LogP contribution in [0.2, 0.25) is 5.02 Å². The van der Waals surface area contributed by atoms with Crippen molar-refractivity contribution in [3.63, 3.8) is 0 Å². The van der Waals surface area contributed by atoms with Crippen LogP contribution in [0.15, 0.2) is 60.2 Å². The van der Waals surface area contributed by atoms with Crippen LogP contribution in [0.5, 0.6) is 11.5 Å². The van der Waals surface area contributed by atoms with Crippen LogP contribution in [0.3, 0.4) is 0 Å². The molecule has 0 saturated carbocycles. The van der Waals surface area contributed by atoms with Crippen LogP contribution in [0.4, 0.5) is 0 Å². The molecule has 0 spiro atoms.